The summed E-state index contributed by atoms with van der Waals surface area (Å²) in [6.45, 7) is 5.31. The zero-order valence-electron chi connectivity index (χ0n) is 10.6. The van der Waals surface area contributed by atoms with Crippen molar-refractivity contribution in [2.75, 3.05) is 0 Å². The summed E-state index contributed by atoms with van der Waals surface area (Å²) in [7, 11) is 0. The summed E-state index contributed by atoms with van der Waals surface area (Å²) in [6, 6.07) is -0.609. The number of rotatable bonds is 4. The van der Waals surface area contributed by atoms with Crippen molar-refractivity contribution in [2.24, 2.45) is 11.8 Å². The maximum atomic E-state index is 11.5. The van der Waals surface area contributed by atoms with Crippen LogP contribution in [0, 0.1) is 5.92 Å². The van der Waals surface area contributed by atoms with Crippen LogP contribution >= 0.6 is 0 Å². The first kappa shape index (κ1) is 13.8. The molecular weight excluding hydrogens is 222 g/mol. The largest absolute Gasteiger partial charge is 0.444 e. The number of hydrogen-bond donors (Lipinski definition) is 3. The van der Waals surface area contributed by atoms with Gasteiger partial charge in [-0.3, -0.25) is 10.2 Å². The zero-order valence-corrected chi connectivity index (χ0v) is 10.6. The van der Waals surface area contributed by atoms with E-state index in [9.17, 15) is 9.59 Å². The molecule has 1 rings (SSSR count). The fourth-order valence-electron chi connectivity index (χ4n) is 1.47. The van der Waals surface area contributed by atoms with Crippen molar-refractivity contribution >= 4 is 12.0 Å². The predicted molar refractivity (Wildman–Crippen MR) is 62.8 cm³/mol. The van der Waals surface area contributed by atoms with E-state index in [1.165, 1.54) is 0 Å². The molecule has 0 aliphatic heterocycles. The minimum absolute atomic E-state index is 0.386. The Morgan fingerprint density at radius 3 is 2.41 bits per heavy atom. The molecule has 1 fully saturated rings. The molecule has 98 valence electrons. The number of amides is 2. The number of carbonyl (C=O) groups excluding carboxylic acids is 2. The van der Waals surface area contributed by atoms with Gasteiger partial charge in [0.2, 0.25) is 0 Å². The van der Waals surface area contributed by atoms with Gasteiger partial charge in [0, 0.05) is 0 Å². The number of nitrogens with one attached hydrogen (secondary N) is 2. The molecule has 1 saturated carbocycles. The summed E-state index contributed by atoms with van der Waals surface area (Å²) in [5.41, 5.74) is 1.48. The molecule has 6 heteroatoms. The third-order valence-electron chi connectivity index (χ3n) is 2.42. The van der Waals surface area contributed by atoms with Crippen LogP contribution in [0.3, 0.4) is 0 Å². The highest BCUT2D eigenvalue weighted by molar-refractivity contribution is 5.85. The van der Waals surface area contributed by atoms with Crippen LogP contribution in [0.1, 0.15) is 40.0 Å². The van der Waals surface area contributed by atoms with Gasteiger partial charge >= 0.3 is 6.09 Å². The second-order valence-corrected chi connectivity index (χ2v) is 5.39. The van der Waals surface area contributed by atoms with Gasteiger partial charge < -0.3 is 10.1 Å². The standard InChI is InChI=1S/C11H21N3O3/c1-11(2,3)17-10(16)13-8(9(15)14-12)6-7-4-5-7/h7-8H,4-6,12H2,1-3H3,(H,13,16)(H,14,15). The van der Waals surface area contributed by atoms with Crippen molar-refractivity contribution < 1.29 is 14.3 Å². The molecule has 0 aromatic rings. The average molecular weight is 243 g/mol. The molecule has 2 amide bonds. The summed E-state index contributed by atoms with van der Waals surface area (Å²) >= 11 is 0. The minimum Gasteiger partial charge on any atom is -0.444 e. The summed E-state index contributed by atoms with van der Waals surface area (Å²) in [5, 5.41) is 2.54. The molecule has 0 spiro atoms. The van der Waals surface area contributed by atoms with Crippen LogP contribution in [-0.4, -0.2) is 23.6 Å². The fraction of sp³-hybridized carbons (Fsp3) is 0.818. The molecular formula is C11H21N3O3. The Morgan fingerprint density at radius 1 is 1.41 bits per heavy atom. The van der Waals surface area contributed by atoms with Crippen molar-refractivity contribution in [3.8, 4) is 0 Å². The molecule has 0 aromatic heterocycles. The van der Waals surface area contributed by atoms with E-state index in [2.05, 4.69) is 10.7 Å². The Labute approximate surface area is 101 Å². The highest BCUT2D eigenvalue weighted by Crippen LogP contribution is 2.33. The van der Waals surface area contributed by atoms with Crippen molar-refractivity contribution in [3.63, 3.8) is 0 Å². The third-order valence-corrected chi connectivity index (χ3v) is 2.42. The van der Waals surface area contributed by atoms with Gasteiger partial charge in [0.25, 0.3) is 5.91 Å². The molecule has 0 heterocycles. The average Bonchev–Trinajstić information content (AvgIpc) is 2.96. The van der Waals surface area contributed by atoms with E-state index in [4.69, 9.17) is 10.6 Å². The second-order valence-electron chi connectivity index (χ2n) is 5.39. The van der Waals surface area contributed by atoms with E-state index in [0.717, 1.165) is 12.8 Å². The predicted octanol–water partition coefficient (Wildman–Crippen LogP) is 0.670. The summed E-state index contributed by atoms with van der Waals surface area (Å²) in [5.74, 6) is 5.20. The van der Waals surface area contributed by atoms with E-state index < -0.39 is 17.7 Å². The van der Waals surface area contributed by atoms with Crippen LogP contribution in [0.25, 0.3) is 0 Å². The van der Waals surface area contributed by atoms with Gasteiger partial charge in [-0.05, 0) is 33.1 Å². The molecule has 1 atom stereocenters. The summed E-state index contributed by atoms with van der Waals surface area (Å²) < 4.78 is 5.09. The van der Waals surface area contributed by atoms with Crippen LogP contribution in [0.2, 0.25) is 0 Å². The Kier molecular flexibility index (Phi) is 4.34. The lowest BCUT2D eigenvalue weighted by molar-refractivity contribution is -0.123. The van der Waals surface area contributed by atoms with Gasteiger partial charge in [-0.25, -0.2) is 10.6 Å². The van der Waals surface area contributed by atoms with Crippen LogP contribution in [0.4, 0.5) is 4.79 Å². The van der Waals surface area contributed by atoms with Crippen molar-refractivity contribution in [1.29, 1.82) is 0 Å². The molecule has 6 nitrogen and oxygen atoms in total. The van der Waals surface area contributed by atoms with Gasteiger partial charge in [0.05, 0.1) is 0 Å². The van der Waals surface area contributed by atoms with Gasteiger partial charge in [0.15, 0.2) is 0 Å². The summed E-state index contributed by atoms with van der Waals surface area (Å²) in [4.78, 5) is 23.0. The fourth-order valence-corrected chi connectivity index (χ4v) is 1.47. The van der Waals surface area contributed by atoms with Gasteiger partial charge in [0.1, 0.15) is 11.6 Å². The Bertz CT molecular complexity index is 295. The first-order valence-corrected chi connectivity index (χ1v) is 5.82. The zero-order chi connectivity index (χ0) is 13.1. The minimum atomic E-state index is -0.609. The lowest BCUT2D eigenvalue weighted by atomic mass is 10.1. The SMILES string of the molecule is CC(C)(C)OC(=O)NC(CC1CC1)C(=O)NN. The van der Waals surface area contributed by atoms with Gasteiger partial charge in [-0.2, -0.15) is 0 Å². The van der Waals surface area contributed by atoms with Crippen LogP contribution in [-0.2, 0) is 9.53 Å². The number of alkyl carbamates (subject to hydrolysis) is 1. The Balaban J connectivity index is 2.46. The number of ether oxygens (including phenoxy) is 1. The Hall–Kier alpha value is -1.30. The molecule has 1 aliphatic carbocycles. The second kappa shape index (κ2) is 5.35. The van der Waals surface area contributed by atoms with Crippen LogP contribution in [0.5, 0.6) is 0 Å². The first-order valence-electron chi connectivity index (χ1n) is 5.82. The summed E-state index contributed by atoms with van der Waals surface area (Å²) in [6.07, 6.45) is 2.23. The highest BCUT2D eigenvalue weighted by atomic mass is 16.6. The van der Waals surface area contributed by atoms with Gasteiger partial charge in [-0.1, -0.05) is 12.8 Å². The lowest BCUT2D eigenvalue weighted by Gasteiger charge is -2.22. The molecule has 0 aromatic carbocycles. The number of hydrogen-bond acceptors (Lipinski definition) is 4. The molecule has 1 unspecified atom stereocenters. The normalized spacial score (nSPS) is 17.2. The van der Waals surface area contributed by atoms with E-state index in [1.807, 2.05) is 0 Å². The van der Waals surface area contributed by atoms with Gasteiger partial charge in [-0.15, -0.1) is 0 Å². The van der Waals surface area contributed by atoms with E-state index in [-0.39, 0.29) is 5.91 Å². The molecule has 0 bridgehead atoms. The topological polar surface area (TPSA) is 93.4 Å². The third kappa shape index (κ3) is 5.53. The number of hydrazine groups is 1. The smallest absolute Gasteiger partial charge is 0.408 e. The molecule has 17 heavy (non-hydrogen) atoms. The quantitative estimate of drug-likeness (QED) is 0.384. The van der Waals surface area contributed by atoms with Crippen molar-refractivity contribution in [2.45, 2.75) is 51.7 Å². The molecule has 4 N–H and O–H groups in total. The van der Waals surface area contributed by atoms with E-state index in [0.29, 0.717) is 12.3 Å². The van der Waals surface area contributed by atoms with Crippen molar-refractivity contribution in [3.05, 3.63) is 0 Å². The first-order chi connectivity index (χ1) is 7.81. The molecule has 0 radical (unpaired) electrons. The molecule has 0 saturated heterocycles. The maximum absolute atomic E-state index is 11.5. The van der Waals surface area contributed by atoms with Crippen molar-refractivity contribution in [1.82, 2.24) is 10.7 Å². The Morgan fingerprint density at radius 2 is 2.00 bits per heavy atom. The highest BCUT2D eigenvalue weighted by Gasteiger charge is 2.31. The lowest BCUT2D eigenvalue weighted by Crippen LogP contribution is -2.50. The monoisotopic (exact) mass is 243 g/mol. The molecule has 1 aliphatic rings. The van der Waals surface area contributed by atoms with E-state index in [1.54, 1.807) is 20.8 Å². The maximum Gasteiger partial charge on any atom is 0.408 e. The van der Waals surface area contributed by atoms with Crippen LogP contribution in [0.15, 0.2) is 0 Å². The van der Waals surface area contributed by atoms with Crippen LogP contribution < -0.4 is 16.6 Å². The number of carbonyl (C=O) groups is 2. The number of nitrogens with two attached hydrogens (primary N) is 1. The van der Waals surface area contributed by atoms with E-state index >= 15 is 0 Å².